The van der Waals surface area contributed by atoms with Gasteiger partial charge in [-0.15, -0.1) is 4.37 Å². The third kappa shape index (κ3) is 5.32. The summed E-state index contributed by atoms with van der Waals surface area (Å²) in [6, 6.07) is 0.513. The van der Waals surface area contributed by atoms with Crippen molar-refractivity contribution in [3.8, 4) is 5.88 Å². The Kier molecular flexibility index (Phi) is 6.65. The van der Waals surface area contributed by atoms with Crippen molar-refractivity contribution in [2.75, 3.05) is 32.8 Å². The zero-order chi connectivity index (χ0) is 14.2. The second-order valence-electron chi connectivity index (χ2n) is 5.23. The van der Waals surface area contributed by atoms with Gasteiger partial charge in [0.25, 0.3) is 0 Å². The molecule has 7 heteroatoms. The van der Waals surface area contributed by atoms with Crippen LogP contribution in [0.25, 0.3) is 0 Å². The molecular formula is C13H24N4O2S. The summed E-state index contributed by atoms with van der Waals surface area (Å²) in [5.74, 6) is 0.488. The summed E-state index contributed by atoms with van der Waals surface area (Å²) in [4.78, 5) is 2.51. The molecule has 1 unspecified atom stereocenters. The number of likely N-dealkylation sites (tertiary alicyclic amines) is 1. The highest BCUT2D eigenvalue weighted by molar-refractivity contribution is 6.99. The Balaban J connectivity index is 1.56. The first-order valence-electron chi connectivity index (χ1n) is 7.32. The highest BCUT2D eigenvalue weighted by atomic mass is 32.1. The van der Waals surface area contributed by atoms with Crippen LogP contribution in [-0.4, -0.2) is 63.7 Å². The van der Waals surface area contributed by atoms with Crippen molar-refractivity contribution in [2.45, 2.75) is 38.3 Å². The van der Waals surface area contributed by atoms with Crippen LogP contribution in [0.15, 0.2) is 6.20 Å². The maximum absolute atomic E-state index is 9.87. The molecule has 0 aromatic carbocycles. The number of piperidine rings is 1. The van der Waals surface area contributed by atoms with Crippen LogP contribution >= 0.6 is 11.7 Å². The molecule has 114 valence electrons. The maximum atomic E-state index is 9.87. The largest absolute Gasteiger partial charge is 0.473 e. The highest BCUT2D eigenvalue weighted by Gasteiger charge is 2.19. The fraction of sp³-hybridized carbons (Fsp3) is 0.846. The van der Waals surface area contributed by atoms with Gasteiger partial charge in [-0.05, 0) is 38.9 Å². The average molecular weight is 300 g/mol. The first-order chi connectivity index (χ1) is 9.78. The van der Waals surface area contributed by atoms with E-state index in [0.29, 0.717) is 18.5 Å². The first-order valence-corrected chi connectivity index (χ1v) is 8.05. The van der Waals surface area contributed by atoms with Crippen LogP contribution in [0.2, 0.25) is 0 Å². The van der Waals surface area contributed by atoms with Gasteiger partial charge in [0, 0.05) is 12.6 Å². The number of nitrogens with zero attached hydrogens (tertiary/aromatic N) is 3. The monoisotopic (exact) mass is 300 g/mol. The van der Waals surface area contributed by atoms with Gasteiger partial charge in [-0.25, -0.2) is 0 Å². The van der Waals surface area contributed by atoms with Crippen LogP contribution in [0.4, 0.5) is 0 Å². The number of nitrogens with one attached hydrogen (secondary N) is 1. The van der Waals surface area contributed by atoms with Gasteiger partial charge in [0.05, 0.1) is 11.7 Å². The Hall–Kier alpha value is -0.760. The van der Waals surface area contributed by atoms with Crippen LogP contribution in [0, 0.1) is 0 Å². The lowest BCUT2D eigenvalue weighted by molar-refractivity contribution is 0.0966. The van der Waals surface area contributed by atoms with Crippen molar-refractivity contribution < 1.29 is 9.84 Å². The van der Waals surface area contributed by atoms with E-state index in [4.69, 9.17) is 4.74 Å². The average Bonchev–Trinajstić information content (AvgIpc) is 2.98. The Morgan fingerprint density at radius 3 is 3.00 bits per heavy atom. The molecule has 1 aromatic heterocycles. The first kappa shape index (κ1) is 15.6. The van der Waals surface area contributed by atoms with E-state index in [2.05, 4.69) is 25.9 Å². The summed E-state index contributed by atoms with van der Waals surface area (Å²) in [5, 5.41) is 13.3. The Labute approximate surface area is 124 Å². The van der Waals surface area contributed by atoms with Crippen LogP contribution in [-0.2, 0) is 0 Å². The zero-order valence-electron chi connectivity index (χ0n) is 12.0. The highest BCUT2D eigenvalue weighted by Crippen LogP contribution is 2.10. The zero-order valence-corrected chi connectivity index (χ0v) is 12.8. The molecule has 0 bridgehead atoms. The van der Waals surface area contributed by atoms with Gasteiger partial charge in [0.1, 0.15) is 18.9 Å². The minimum absolute atomic E-state index is 0.257. The number of aliphatic hydroxyl groups excluding tert-OH is 1. The Bertz CT molecular complexity index is 355. The number of rotatable bonds is 8. The molecule has 0 saturated carbocycles. The van der Waals surface area contributed by atoms with Crippen molar-refractivity contribution in [1.82, 2.24) is 19.0 Å². The van der Waals surface area contributed by atoms with Crippen LogP contribution < -0.4 is 10.1 Å². The van der Waals surface area contributed by atoms with E-state index in [1.54, 1.807) is 6.20 Å². The topological polar surface area (TPSA) is 70.5 Å². The summed E-state index contributed by atoms with van der Waals surface area (Å²) in [7, 11) is 0. The molecule has 20 heavy (non-hydrogen) atoms. The van der Waals surface area contributed by atoms with Gasteiger partial charge in [0.2, 0.25) is 5.88 Å². The Morgan fingerprint density at radius 2 is 2.35 bits per heavy atom. The van der Waals surface area contributed by atoms with Crippen LogP contribution in [0.3, 0.4) is 0 Å². The van der Waals surface area contributed by atoms with Gasteiger partial charge in [-0.3, -0.25) is 0 Å². The minimum Gasteiger partial charge on any atom is -0.473 e. The summed E-state index contributed by atoms with van der Waals surface area (Å²) in [5.41, 5.74) is 0. The molecule has 2 N–H and O–H groups in total. The molecule has 2 rings (SSSR count). The molecule has 1 aromatic rings. The molecule has 1 fully saturated rings. The van der Waals surface area contributed by atoms with E-state index in [1.165, 1.54) is 13.0 Å². The molecule has 0 aliphatic carbocycles. The van der Waals surface area contributed by atoms with Crippen LogP contribution in [0.1, 0.15) is 26.2 Å². The summed E-state index contributed by atoms with van der Waals surface area (Å²) in [6.45, 7) is 6.55. The number of ether oxygens (including phenoxy) is 1. The molecule has 0 radical (unpaired) electrons. The molecule has 6 nitrogen and oxygen atoms in total. The number of hydrogen-bond acceptors (Lipinski definition) is 7. The molecule has 1 aliphatic heterocycles. The molecule has 1 aliphatic rings. The van der Waals surface area contributed by atoms with E-state index < -0.39 is 6.10 Å². The van der Waals surface area contributed by atoms with Gasteiger partial charge in [-0.1, -0.05) is 6.92 Å². The predicted octanol–water partition coefficient (Wildman–Crippen LogP) is 0.742. The number of hydrogen-bond donors (Lipinski definition) is 2. The third-order valence-corrected chi connectivity index (χ3v) is 4.00. The maximum Gasteiger partial charge on any atom is 0.245 e. The lowest BCUT2D eigenvalue weighted by Crippen LogP contribution is -2.45. The minimum atomic E-state index is -0.509. The van der Waals surface area contributed by atoms with Gasteiger partial charge in [-0.2, -0.15) is 4.37 Å². The fourth-order valence-electron chi connectivity index (χ4n) is 2.44. The molecule has 0 amide bonds. The summed E-state index contributed by atoms with van der Waals surface area (Å²) in [6.07, 6.45) is 4.59. The molecule has 2 heterocycles. The summed E-state index contributed by atoms with van der Waals surface area (Å²) >= 11 is 1.10. The second-order valence-corrected chi connectivity index (χ2v) is 5.79. The lowest BCUT2D eigenvalue weighted by atomic mass is 10.0. The van der Waals surface area contributed by atoms with Gasteiger partial charge < -0.3 is 20.1 Å². The second kappa shape index (κ2) is 8.51. The molecule has 1 atom stereocenters. The molecular weight excluding hydrogens is 276 g/mol. The van der Waals surface area contributed by atoms with Crippen molar-refractivity contribution in [3.63, 3.8) is 0 Å². The van der Waals surface area contributed by atoms with Crippen molar-refractivity contribution in [3.05, 3.63) is 6.20 Å². The predicted molar refractivity (Wildman–Crippen MR) is 79.2 cm³/mol. The quantitative estimate of drug-likeness (QED) is 0.738. The third-order valence-electron chi connectivity index (χ3n) is 3.53. The van der Waals surface area contributed by atoms with E-state index in [1.807, 2.05) is 0 Å². The fourth-order valence-corrected chi connectivity index (χ4v) is 2.80. The smallest absolute Gasteiger partial charge is 0.245 e. The normalized spacial score (nSPS) is 19.1. The van der Waals surface area contributed by atoms with Gasteiger partial charge in [0.15, 0.2) is 0 Å². The van der Waals surface area contributed by atoms with E-state index in [0.717, 1.165) is 37.7 Å². The number of aliphatic hydroxyl groups is 1. The van der Waals surface area contributed by atoms with Crippen molar-refractivity contribution in [2.24, 2.45) is 0 Å². The van der Waals surface area contributed by atoms with Crippen LogP contribution in [0.5, 0.6) is 5.88 Å². The van der Waals surface area contributed by atoms with E-state index in [-0.39, 0.29) is 6.61 Å². The standard InChI is InChI=1S/C13H24N4O2S/c1-2-5-17-6-3-11(4-7-17)14-8-12(18)10-19-13-9-15-20-16-13/h9,11-12,14,18H,2-8,10H2,1H3. The van der Waals surface area contributed by atoms with E-state index in [9.17, 15) is 5.11 Å². The summed E-state index contributed by atoms with van der Waals surface area (Å²) < 4.78 is 13.1. The molecule has 1 saturated heterocycles. The SMILES string of the molecule is CCCN1CCC(NCC(O)COc2cnsn2)CC1. The Morgan fingerprint density at radius 1 is 1.55 bits per heavy atom. The van der Waals surface area contributed by atoms with Gasteiger partial charge >= 0.3 is 0 Å². The van der Waals surface area contributed by atoms with E-state index >= 15 is 0 Å². The number of aromatic nitrogens is 2. The van der Waals surface area contributed by atoms with Crippen molar-refractivity contribution in [1.29, 1.82) is 0 Å². The molecule has 0 spiro atoms. The lowest BCUT2D eigenvalue weighted by Gasteiger charge is -2.32. The van der Waals surface area contributed by atoms with Crippen molar-refractivity contribution >= 4 is 11.7 Å².